The second-order valence-corrected chi connectivity index (χ2v) is 4.96. The predicted molar refractivity (Wildman–Crippen MR) is 81.2 cm³/mol. The highest BCUT2D eigenvalue weighted by atomic mass is 79.9. The van der Waals surface area contributed by atoms with Crippen LogP contribution in [0.1, 0.15) is 18.4 Å². The molecule has 0 saturated heterocycles. The van der Waals surface area contributed by atoms with Crippen LogP contribution in [0.2, 0.25) is 0 Å². The number of hydrogen-bond acceptors (Lipinski definition) is 2. The van der Waals surface area contributed by atoms with Gasteiger partial charge < -0.3 is 10.6 Å². The van der Waals surface area contributed by atoms with Gasteiger partial charge in [-0.3, -0.25) is 4.79 Å². The second kappa shape index (κ2) is 10.2. The Labute approximate surface area is 127 Å². The maximum atomic E-state index is 13.4. The summed E-state index contributed by atoms with van der Waals surface area (Å²) in [5, 5.41) is 5.77. The average molecular weight is 354 g/mol. The molecule has 0 radical (unpaired) electrons. The van der Waals surface area contributed by atoms with E-state index in [0.29, 0.717) is 24.9 Å². The molecule has 3 nitrogen and oxygen atoms in total. The van der Waals surface area contributed by atoms with E-state index in [1.807, 2.05) is 7.05 Å². The van der Waals surface area contributed by atoms with Gasteiger partial charge in [-0.25, -0.2) is 4.39 Å². The molecule has 108 valence electrons. The highest BCUT2D eigenvalue weighted by Gasteiger charge is 2.04. The summed E-state index contributed by atoms with van der Waals surface area (Å²) in [4.78, 5) is 11.4. The molecule has 0 atom stereocenters. The molecule has 1 amide bonds. The van der Waals surface area contributed by atoms with Crippen LogP contribution in [-0.2, 0) is 11.2 Å². The maximum Gasteiger partial charge on any atom is 0.220 e. The molecule has 0 aromatic heterocycles. The van der Waals surface area contributed by atoms with Crippen molar-refractivity contribution in [3.8, 4) is 0 Å². The van der Waals surface area contributed by atoms with Crippen LogP contribution < -0.4 is 10.6 Å². The monoisotopic (exact) mass is 352 g/mol. The Bertz CT molecular complexity index is 404. The quantitative estimate of drug-likeness (QED) is 0.740. The fraction of sp³-hybridized carbons (Fsp3) is 0.462. The summed E-state index contributed by atoms with van der Waals surface area (Å²) < 4.78 is 14.2. The van der Waals surface area contributed by atoms with E-state index in [9.17, 15) is 9.18 Å². The van der Waals surface area contributed by atoms with Crippen LogP contribution in [0.15, 0.2) is 22.7 Å². The molecule has 0 heterocycles. The van der Waals surface area contributed by atoms with Gasteiger partial charge in [-0.05, 0) is 50.2 Å². The summed E-state index contributed by atoms with van der Waals surface area (Å²) in [5.41, 5.74) is 0.611. The molecule has 19 heavy (non-hydrogen) atoms. The molecule has 2 N–H and O–H groups in total. The van der Waals surface area contributed by atoms with Crippen LogP contribution in [0.5, 0.6) is 0 Å². The topological polar surface area (TPSA) is 41.1 Å². The number of carbonyl (C=O) groups excluding carboxylic acids is 1. The van der Waals surface area contributed by atoms with E-state index in [0.717, 1.165) is 17.4 Å². The van der Waals surface area contributed by atoms with Crippen molar-refractivity contribution >= 4 is 34.2 Å². The number of nitrogens with one attached hydrogen (secondary N) is 2. The summed E-state index contributed by atoms with van der Waals surface area (Å²) in [5.74, 6) is -0.219. The van der Waals surface area contributed by atoms with E-state index in [-0.39, 0.29) is 24.1 Å². The molecular weight excluding hydrogens is 335 g/mol. The Hall–Kier alpha value is -0.650. The van der Waals surface area contributed by atoms with Crippen LogP contribution >= 0.6 is 28.3 Å². The van der Waals surface area contributed by atoms with Crippen molar-refractivity contribution in [2.45, 2.75) is 19.3 Å². The van der Waals surface area contributed by atoms with E-state index in [2.05, 4.69) is 26.6 Å². The molecule has 0 fully saturated rings. The van der Waals surface area contributed by atoms with Gasteiger partial charge in [0.05, 0.1) is 0 Å². The third kappa shape index (κ3) is 7.50. The molecule has 6 heteroatoms. The van der Waals surface area contributed by atoms with E-state index in [1.165, 1.54) is 6.07 Å². The summed E-state index contributed by atoms with van der Waals surface area (Å²) in [6.45, 7) is 1.29. The highest BCUT2D eigenvalue weighted by molar-refractivity contribution is 9.10. The zero-order valence-electron chi connectivity index (χ0n) is 10.8. The first-order valence-corrected chi connectivity index (χ1v) is 6.78. The Morgan fingerprint density at radius 2 is 2.11 bits per heavy atom. The first-order valence-electron chi connectivity index (χ1n) is 5.98. The van der Waals surface area contributed by atoms with E-state index < -0.39 is 0 Å². The van der Waals surface area contributed by atoms with Crippen molar-refractivity contribution in [2.75, 3.05) is 20.1 Å². The van der Waals surface area contributed by atoms with Gasteiger partial charge in [-0.1, -0.05) is 15.9 Å². The van der Waals surface area contributed by atoms with Crippen molar-refractivity contribution in [3.63, 3.8) is 0 Å². The standard InChI is InChI=1S/C13H18BrFN2O.ClH/c1-16-7-2-3-13(18)17-8-6-10-9-11(14)4-5-12(10)15;/h4-5,9,16H,2-3,6-8H2,1H3,(H,17,18);1H. The molecule has 1 aromatic rings. The lowest BCUT2D eigenvalue weighted by Crippen LogP contribution is -2.26. The summed E-state index contributed by atoms with van der Waals surface area (Å²) in [6, 6.07) is 4.83. The number of rotatable bonds is 7. The highest BCUT2D eigenvalue weighted by Crippen LogP contribution is 2.15. The summed E-state index contributed by atoms with van der Waals surface area (Å²) in [7, 11) is 1.86. The molecule has 1 rings (SSSR count). The van der Waals surface area contributed by atoms with Crippen LogP contribution in [0, 0.1) is 5.82 Å². The average Bonchev–Trinajstić information content (AvgIpc) is 2.34. The minimum Gasteiger partial charge on any atom is -0.356 e. The maximum absolute atomic E-state index is 13.4. The second-order valence-electron chi connectivity index (χ2n) is 4.04. The van der Waals surface area contributed by atoms with E-state index in [1.54, 1.807) is 12.1 Å². The molecule has 0 unspecified atom stereocenters. The zero-order valence-corrected chi connectivity index (χ0v) is 13.2. The van der Waals surface area contributed by atoms with Gasteiger partial charge in [-0.15, -0.1) is 12.4 Å². The smallest absolute Gasteiger partial charge is 0.220 e. The molecule has 0 aliphatic carbocycles. The predicted octanol–water partition coefficient (Wildman–Crippen LogP) is 2.67. The first-order chi connectivity index (χ1) is 8.63. The van der Waals surface area contributed by atoms with Gasteiger partial charge in [-0.2, -0.15) is 0 Å². The summed E-state index contributed by atoms with van der Waals surface area (Å²) in [6.07, 6.45) is 1.82. The fourth-order valence-corrected chi connectivity index (χ4v) is 1.99. The Morgan fingerprint density at radius 1 is 1.37 bits per heavy atom. The zero-order chi connectivity index (χ0) is 13.4. The fourth-order valence-electron chi connectivity index (χ4n) is 1.59. The van der Waals surface area contributed by atoms with Crippen molar-refractivity contribution in [1.29, 1.82) is 0 Å². The van der Waals surface area contributed by atoms with Gasteiger partial charge in [0.15, 0.2) is 0 Å². The van der Waals surface area contributed by atoms with Gasteiger partial charge in [0.1, 0.15) is 5.82 Å². The SMILES string of the molecule is CNCCCC(=O)NCCc1cc(Br)ccc1F.Cl. The van der Waals surface area contributed by atoms with Crippen LogP contribution in [0.3, 0.4) is 0 Å². The lowest BCUT2D eigenvalue weighted by molar-refractivity contribution is -0.121. The third-order valence-corrected chi connectivity index (χ3v) is 3.05. The molecule has 0 aliphatic rings. The Kier molecular flexibility index (Phi) is 9.83. The molecule has 0 bridgehead atoms. The minimum absolute atomic E-state index is 0. The molecule has 1 aromatic carbocycles. The molecule has 0 saturated carbocycles. The number of halogens is 3. The van der Waals surface area contributed by atoms with Crippen molar-refractivity contribution in [1.82, 2.24) is 10.6 Å². The van der Waals surface area contributed by atoms with Crippen LogP contribution in [0.4, 0.5) is 4.39 Å². The number of carbonyl (C=O) groups is 1. The van der Waals surface area contributed by atoms with Crippen LogP contribution in [-0.4, -0.2) is 26.0 Å². The minimum atomic E-state index is -0.234. The number of benzene rings is 1. The number of hydrogen-bond donors (Lipinski definition) is 2. The van der Waals surface area contributed by atoms with Crippen molar-refractivity contribution in [3.05, 3.63) is 34.1 Å². The Balaban J connectivity index is 0.00000324. The van der Waals surface area contributed by atoms with Crippen molar-refractivity contribution < 1.29 is 9.18 Å². The first kappa shape index (κ1) is 18.4. The lowest BCUT2D eigenvalue weighted by Gasteiger charge is -2.06. The molecular formula is C13H19BrClFN2O. The van der Waals surface area contributed by atoms with Gasteiger partial charge in [0.2, 0.25) is 5.91 Å². The normalized spacial score (nSPS) is 9.84. The van der Waals surface area contributed by atoms with Gasteiger partial charge in [0.25, 0.3) is 0 Å². The van der Waals surface area contributed by atoms with Crippen LogP contribution in [0.25, 0.3) is 0 Å². The molecule has 0 aliphatic heterocycles. The Morgan fingerprint density at radius 3 is 2.79 bits per heavy atom. The summed E-state index contributed by atoms with van der Waals surface area (Å²) >= 11 is 3.30. The molecule has 0 spiro atoms. The van der Waals surface area contributed by atoms with Gasteiger partial charge in [0, 0.05) is 17.4 Å². The largest absolute Gasteiger partial charge is 0.356 e. The number of amides is 1. The van der Waals surface area contributed by atoms with Gasteiger partial charge >= 0.3 is 0 Å². The third-order valence-electron chi connectivity index (χ3n) is 2.55. The van der Waals surface area contributed by atoms with E-state index in [4.69, 9.17) is 0 Å². The van der Waals surface area contributed by atoms with Crippen molar-refractivity contribution in [2.24, 2.45) is 0 Å². The lowest BCUT2D eigenvalue weighted by atomic mass is 10.1. The van der Waals surface area contributed by atoms with E-state index >= 15 is 0 Å².